The van der Waals surface area contributed by atoms with Crippen LogP contribution in [0.4, 0.5) is 0 Å². The monoisotopic (exact) mass is 168 g/mol. The number of hydrogen-bond donors (Lipinski definition) is 0. The highest BCUT2D eigenvalue weighted by Gasteiger charge is 2.53. The molecule has 1 unspecified atom stereocenters. The maximum Gasteiger partial charge on any atom is 0.139 e. The average molecular weight is 168 g/mol. The third kappa shape index (κ3) is 1.02. The van der Waals surface area contributed by atoms with Crippen molar-refractivity contribution in [2.45, 2.75) is 47.5 Å². The molecule has 70 valence electrons. The Hall–Kier alpha value is -0.330. The van der Waals surface area contributed by atoms with Crippen LogP contribution in [-0.4, -0.2) is 5.78 Å². The van der Waals surface area contributed by atoms with Crippen LogP contribution < -0.4 is 0 Å². The molecule has 0 bridgehead atoms. The lowest BCUT2D eigenvalue weighted by atomic mass is 9.66. The van der Waals surface area contributed by atoms with Crippen LogP contribution in [0.5, 0.6) is 0 Å². The number of ketones is 1. The maximum atomic E-state index is 11.7. The third-order valence-electron chi connectivity index (χ3n) is 4.25. The summed E-state index contributed by atoms with van der Waals surface area (Å²) in [7, 11) is 0. The zero-order valence-electron chi connectivity index (χ0n) is 8.90. The summed E-state index contributed by atoms with van der Waals surface area (Å²) in [5, 5.41) is 0. The van der Waals surface area contributed by atoms with Gasteiger partial charge in [-0.2, -0.15) is 0 Å². The molecule has 0 saturated heterocycles. The van der Waals surface area contributed by atoms with Crippen LogP contribution in [0.1, 0.15) is 47.5 Å². The van der Waals surface area contributed by atoms with Crippen LogP contribution in [0.2, 0.25) is 0 Å². The normalized spacial score (nSPS) is 32.4. The van der Waals surface area contributed by atoms with Crippen LogP contribution in [-0.2, 0) is 4.79 Å². The summed E-state index contributed by atoms with van der Waals surface area (Å²) in [6, 6.07) is 0. The van der Waals surface area contributed by atoms with Gasteiger partial charge >= 0.3 is 0 Å². The van der Waals surface area contributed by atoms with Gasteiger partial charge in [-0.25, -0.2) is 0 Å². The number of hydrogen-bond acceptors (Lipinski definition) is 1. The number of rotatable bonds is 1. The minimum Gasteiger partial charge on any atom is -0.299 e. The van der Waals surface area contributed by atoms with E-state index in [0.29, 0.717) is 11.7 Å². The summed E-state index contributed by atoms with van der Waals surface area (Å²) in [5.41, 5.74) is 0.0620. The minimum atomic E-state index is -0.117. The van der Waals surface area contributed by atoms with Crippen molar-refractivity contribution in [1.82, 2.24) is 0 Å². The van der Waals surface area contributed by atoms with E-state index in [1.54, 1.807) is 0 Å². The highest BCUT2D eigenvalue weighted by atomic mass is 16.1. The van der Waals surface area contributed by atoms with Gasteiger partial charge in [-0.3, -0.25) is 4.79 Å². The van der Waals surface area contributed by atoms with E-state index in [2.05, 4.69) is 34.6 Å². The van der Waals surface area contributed by atoms with E-state index in [1.165, 1.54) is 0 Å². The molecule has 1 aliphatic rings. The van der Waals surface area contributed by atoms with Crippen molar-refractivity contribution in [2.24, 2.45) is 16.7 Å². The Kier molecular flexibility index (Phi) is 2.10. The van der Waals surface area contributed by atoms with Gasteiger partial charge in [0.1, 0.15) is 5.78 Å². The summed E-state index contributed by atoms with van der Waals surface area (Å²) in [5.74, 6) is 1.03. The van der Waals surface area contributed by atoms with Crippen molar-refractivity contribution in [3.8, 4) is 0 Å². The molecule has 0 radical (unpaired) electrons. The fraction of sp³-hybridized carbons (Fsp3) is 0.909. The Morgan fingerprint density at radius 1 is 1.33 bits per heavy atom. The molecule has 1 aliphatic carbocycles. The van der Waals surface area contributed by atoms with Crippen LogP contribution in [0.25, 0.3) is 0 Å². The van der Waals surface area contributed by atoms with Crippen LogP contribution in [0, 0.1) is 16.7 Å². The van der Waals surface area contributed by atoms with E-state index in [1.807, 2.05) is 0 Å². The summed E-state index contributed by atoms with van der Waals surface area (Å²) in [6.07, 6.45) is 1.92. The Morgan fingerprint density at radius 3 is 2.00 bits per heavy atom. The van der Waals surface area contributed by atoms with Crippen molar-refractivity contribution in [1.29, 1.82) is 0 Å². The predicted octanol–water partition coefficient (Wildman–Crippen LogP) is 3.04. The number of carbonyl (C=O) groups is 1. The molecule has 1 nitrogen and oxygen atoms in total. The van der Waals surface area contributed by atoms with E-state index in [4.69, 9.17) is 0 Å². The molecule has 0 N–H and O–H groups in total. The Morgan fingerprint density at radius 2 is 1.83 bits per heavy atom. The summed E-state index contributed by atoms with van der Waals surface area (Å²) in [4.78, 5) is 11.7. The zero-order chi connectivity index (χ0) is 9.57. The second kappa shape index (κ2) is 2.58. The van der Waals surface area contributed by atoms with E-state index < -0.39 is 0 Å². The van der Waals surface area contributed by atoms with Crippen molar-refractivity contribution in [2.75, 3.05) is 0 Å². The number of carbonyl (C=O) groups excluding carboxylic acids is 1. The molecule has 0 aliphatic heterocycles. The molecule has 0 aromatic carbocycles. The number of Topliss-reactive ketones (excluding diaryl/α,β-unsaturated/α-hetero) is 1. The molecule has 0 aromatic heterocycles. The minimum absolute atomic E-state index is 0.117. The van der Waals surface area contributed by atoms with Gasteiger partial charge in [0.15, 0.2) is 0 Å². The molecule has 0 amide bonds. The maximum absolute atomic E-state index is 11.7. The lowest BCUT2D eigenvalue weighted by molar-refractivity contribution is -0.127. The van der Waals surface area contributed by atoms with Gasteiger partial charge < -0.3 is 0 Å². The van der Waals surface area contributed by atoms with Crippen molar-refractivity contribution in [3.05, 3.63) is 0 Å². The second-order valence-corrected chi connectivity index (χ2v) is 5.08. The van der Waals surface area contributed by atoms with Gasteiger partial charge in [0.05, 0.1) is 0 Å². The molecule has 1 heteroatoms. The molecule has 12 heavy (non-hydrogen) atoms. The highest BCUT2D eigenvalue weighted by molar-refractivity contribution is 5.87. The van der Waals surface area contributed by atoms with E-state index in [9.17, 15) is 4.79 Å². The summed E-state index contributed by atoms with van der Waals surface area (Å²) in [6.45, 7) is 10.8. The molecule has 0 heterocycles. The van der Waals surface area contributed by atoms with Gasteiger partial charge in [-0.1, -0.05) is 41.0 Å². The molecule has 1 atom stereocenters. The fourth-order valence-electron chi connectivity index (χ4n) is 2.26. The lowest BCUT2D eigenvalue weighted by Crippen LogP contribution is -2.34. The van der Waals surface area contributed by atoms with Gasteiger partial charge in [-0.05, 0) is 11.3 Å². The predicted molar refractivity (Wildman–Crippen MR) is 51.0 cm³/mol. The topological polar surface area (TPSA) is 17.1 Å². The first kappa shape index (κ1) is 9.76. The Labute approximate surface area is 75.5 Å². The highest BCUT2D eigenvalue weighted by Crippen LogP contribution is 2.54. The first-order chi connectivity index (χ1) is 5.34. The van der Waals surface area contributed by atoms with Crippen LogP contribution >= 0.6 is 0 Å². The SMILES string of the molecule is CCC1CC(=O)C(C)(C)C1(C)C. The van der Waals surface area contributed by atoms with Gasteiger partial charge in [0.2, 0.25) is 0 Å². The van der Waals surface area contributed by atoms with Crippen LogP contribution in [0.3, 0.4) is 0 Å². The van der Waals surface area contributed by atoms with Gasteiger partial charge in [0, 0.05) is 11.8 Å². The first-order valence-corrected chi connectivity index (χ1v) is 4.87. The molecule has 0 aromatic rings. The Bertz CT molecular complexity index is 201. The molecule has 1 fully saturated rings. The molecule has 0 spiro atoms. The van der Waals surface area contributed by atoms with E-state index in [-0.39, 0.29) is 10.8 Å². The molecular formula is C11H20O. The molecule has 1 saturated carbocycles. The standard InChI is InChI=1S/C11H20O/c1-6-8-7-9(12)11(4,5)10(8,2)3/h8H,6-7H2,1-5H3. The third-order valence-corrected chi connectivity index (χ3v) is 4.25. The largest absolute Gasteiger partial charge is 0.299 e. The van der Waals surface area contributed by atoms with E-state index >= 15 is 0 Å². The lowest BCUT2D eigenvalue weighted by Gasteiger charge is -2.37. The second-order valence-electron chi connectivity index (χ2n) is 5.08. The first-order valence-electron chi connectivity index (χ1n) is 4.87. The summed E-state index contributed by atoms with van der Waals surface area (Å²) < 4.78 is 0. The quantitative estimate of drug-likeness (QED) is 0.588. The Balaban J connectivity index is 3.00. The molecular weight excluding hydrogens is 148 g/mol. The van der Waals surface area contributed by atoms with Crippen molar-refractivity contribution < 1.29 is 4.79 Å². The van der Waals surface area contributed by atoms with Gasteiger partial charge in [-0.15, -0.1) is 0 Å². The fourth-order valence-corrected chi connectivity index (χ4v) is 2.26. The van der Waals surface area contributed by atoms with Crippen LogP contribution in [0.15, 0.2) is 0 Å². The smallest absolute Gasteiger partial charge is 0.139 e. The van der Waals surface area contributed by atoms with Crippen molar-refractivity contribution >= 4 is 5.78 Å². The average Bonchev–Trinajstić information content (AvgIpc) is 2.10. The van der Waals surface area contributed by atoms with E-state index in [0.717, 1.165) is 12.8 Å². The van der Waals surface area contributed by atoms with Crippen molar-refractivity contribution in [3.63, 3.8) is 0 Å². The van der Waals surface area contributed by atoms with Gasteiger partial charge in [0.25, 0.3) is 0 Å². The zero-order valence-corrected chi connectivity index (χ0v) is 8.90. The molecule has 1 rings (SSSR count). The summed E-state index contributed by atoms with van der Waals surface area (Å²) >= 11 is 0.